The molecule has 1 aromatic rings. The molecule has 0 radical (unpaired) electrons. The highest BCUT2D eigenvalue weighted by Crippen LogP contribution is 2.28. The zero-order valence-electron chi connectivity index (χ0n) is 11.1. The molecular formula is C14H19N3O. The Hall–Kier alpha value is -1.68. The van der Waals surface area contributed by atoms with E-state index in [4.69, 9.17) is 5.73 Å². The maximum atomic E-state index is 12.3. The summed E-state index contributed by atoms with van der Waals surface area (Å²) in [5.41, 5.74) is 9.50. The molecule has 18 heavy (non-hydrogen) atoms. The van der Waals surface area contributed by atoms with E-state index in [0.29, 0.717) is 13.0 Å². The van der Waals surface area contributed by atoms with Gasteiger partial charge in [-0.15, -0.1) is 0 Å². The van der Waals surface area contributed by atoms with E-state index in [1.54, 1.807) is 0 Å². The molecule has 2 N–H and O–H groups in total. The fraction of sp³-hybridized carbons (Fsp3) is 0.429. The molecular weight excluding hydrogens is 226 g/mol. The number of hydrazone groups is 1. The van der Waals surface area contributed by atoms with E-state index >= 15 is 0 Å². The Morgan fingerprint density at radius 3 is 2.67 bits per heavy atom. The minimum atomic E-state index is -0.157. The van der Waals surface area contributed by atoms with Crippen LogP contribution in [0, 0.1) is 19.8 Å². The number of aryl methyl sites for hydroxylation is 2. The first kappa shape index (κ1) is 12.8. The number of amides is 1. The van der Waals surface area contributed by atoms with Crippen molar-refractivity contribution in [3.05, 3.63) is 29.3 Å². The zero-order chi connectivity index (χ0) is 13.3. The second-order valence-corrected chi connectivity index (χ2v) is 4.81. The van der Waals surface area contributed by atoms with Gasteiger partial charge in [-0.1, -0.05) is 17.7 Å². The Balaban J connectivity index is 2.33. The Kier molecular flexibility index (Phi) is 3.48. The molecule has 1 atom stereocenters. The standard InChI is InChI=1S/C14H19N3O/c1-9-4-5-13(10(2)8-9)17-14(18)12(6-7-15)11(3)16-17/h4-5,8,12H,6-7,15H2,1-3H3. The van der Waals surface area contributed by atoms with Crippen molar-refractivity contribution in [2.24, 2.45) is 16.8 Å². The van der Waals surface area contributed by atoms with Gasteiger partial charge in [0.25, 0.3) is 5.91 Å². The van der Waals surface area contributed by atoms with Crippen molar-refractivity contribution in [2.75, 3.05) is 11.6 Å². The molecule has 1 unspecified atom stereocenters. The highest BCUT2D eigenvalue weighted by molar-refractivity contribution is 6.14. The fourth-order valence-corrected chi connectivity index (χ4v) is 2.32. The van der Waals surface area contributed by atoms with Gasteiger partial charge < -0.3 is 5.73 Å². The van der Waals surface area contributed by atoms with Gasteiger partial charge in [-0.2, -0.15) is 10.1 Å². The predicted molar refractivity (Wildman–Crippen MR) is 73.7 cm³/mol. The average molecular weight is 245 g/mol. The molecule has 0 aliphatic carbocycles. The lowest BCUT2D eigenvalue weighted by Gasteiger charge is -2.16. The monoisotopic (exact) mass is 245 g/mol. The molecule has 1 aromatic carbocycles. The number of nitrogens with zero attached hydrogens (tertiary/aromatic N) is 2. The fourth-order valence-electron chi connectivity index (χ4n) is 2.32. The van der Waals surface area contributed by atoms with Gasteiger partial charge in [-0.05, 0) is 45.4 Å². The average Bonchev–Trinajstić information content (AvgIpc) is 2.58. The molecule has 0 bridgehead atoms. The van der Waals surface area contributed by atoms with Crippen LogP contribution in [0.2, 0.25) is 0 Å². The van der Waals surface area contributed by atoms with Gasteiger partial charge in [-0.25, -0.2) is 0 Å². The van der Waals surface area contributed by atoms with Gasteiger partial charge in [-0.3, -0.25) is 4.79 Å². The third kappa shape index (κ3) is 2.16. The first-order valence-corrected chi connectivity index (χ1v) is 6.21. The summed E-state index contributed by atoms with van der Waals surface area (Å²) in [7, 11) is 0. The molecule has 0 saturated carbocycles. The molecule has 4 nitrogen and oxygen atoms in total. The van der Waals surface area contributed by atoms with Crippen LogP contribution in [0.15, 0.2) is 23.3 Å². The first-order chi connectivity index (χ1) is 8.54. The normalized spacial score (nSPS) is 19.3. The Labute approximate surface area is 107 Å². The highest BCUT2D eigenvalue weighted by Gasteiger charge is 2.34. The molecule has 0 saturated heterocycles. The molecule has 96 valence electrons. The van der Waals surface area contributed by atoms with Crippen LogP contribution in [0.25, 0.3) is 0 Å². The van der Waals surface area contributed by atoms with Gasteiger partial charge in [0.05, 0.1) is 11.6 Å². The number of benzene rings is 1. The number of carbonyl (C=O) groups excluding carboxylic acids is 1. The van der Waals surface area contributed by atoms with Crippen molar-refractivity contribution in [1.29, 1.82) is 0 Å². The van der Waals surface area contributed by atoms with Gasteiger partial charge in [0, 0.05) is 5.71 Å². The lowest BCUT2D eigenvalue weighted by atomic mass is 10.0. The van der Waals surface area contributed by atoms with E-state index < -0.39 is 0 Å². The van der Waals surface area contributed by atoms with Crippen LogP contribution in [-0.4, -0.2) is 18.2 Å². The van der Waals surface area contributed by atoms with E-state index in [1.807, 2.05) is 32.9 Å². The second kappa shape index (κ2) is 4.90. The summed E-state index contributed by atoms with van der Waals surface area (Å²) in [4.78, 5) is 12.3. The van der Waals surface area contributed by atoms with Crippen LogP contribution in [0.1, 0.15) is 24.5 Å². The minimum absolute atomic E-state index is 0.0323. The molecule has 1 aliphatic rings. The number of anilines is 1. The van der Waals surface area contributed by atoms with Crippen molar-refractivity contribution in [2.45, 2.75) is 27.2 Å². The summed E-state index contributed by atoms with van der Waals surface area (Å²) in [6.07, 6.45) is 0.662. The number of hydrogen-bond donors (Lipinski definition) is 1. The Morgan fingerprint density at radius 1 is 1.33 bits per heavy atom. The molecule has 2 rings (SSSR count). The predicted octanol–water partition coefficient (Wildman–Crippen LogP) is 1.99. The van der Waals surface area contributed by atoms with Crippen molar-refractivity contribution in [3.63, 3.8) is 0 Å². The lowest BCUT2D eigenvalue weighted by molar-refractivity contribution is -0.119. The van der Waals surface area contributed by atoms with Crippen molar-refractivity contribution >= 4 is 17.3 Å². The summed E-state index contributed by atoms with van der Waals surface area (Å²) < 4.78 is 0. The number of rotatable bonds is 3. The molecule has 0 spiro atoms. The molecule has 1 amide bonds. The van der Waals surface area contributed by atoms with E-state index in [1.165, 1.54) is 10.6 Å². The van der Waals surface area contributed by atoms with Crippen LogP contribution in [-0.2, 0) is 4.79 Å². The summed E-state index contributed by atoms with van der Waals surface area (Å²) in [6, 6.07) is 6.00. The van der Waals surface area contributed by atoms with Crippen LogP contribution >= 0.6 is 0 Å². The summed E-state index contributed by atoms with van der Waals surface area (Å²) in [5.74, 6) is -0.124. The smallest absolute Gasteiger partial charge is 0.256 e. The van der Waals surface area contributed by atoms with E-state index in [2.05, 4.69) is 11.2 Å². The quantitative estimate of drug-likeness (QED) is 0.885. The van der Waals surface area contributed by atoms with Gasteiger partial charge in [0.15, 0.2) is 0 Å². The van der Waals surface area contributed by atoms with Crippen molar-refractivity contribution in [3.8, 4) is 0 Å². The van der Waals surface area contributed by atoms with E-state index in [-0.39, 0.29) is 11.8 Å². The van der Waals surface area contributed by atoms with Crippen molar-refractivity contribution in [1.82, 2.24) is 0 Å². The topological polar surface area (TPSA) is 58.7 Å². The lowest BCUT2D eigenvalue weighted by Crippen LogP contribution is -2.29. The number of hydrogen-bond acceptors (Lipinski definition) is 3. The second-order valence-electron chi connectivity index (χ2n) is 4.81. The molecule has 1 aliphatic heterocycles. The first-order valence-electron chi connectivity index (χ1n) is 6.21. The van der Waals surface area contributed by atoms with Crippen LogP contribution < -0.4 is 10.7 Å². The van der Waals surface area contributed by atoms with Gasteiger partial charge >= 0.3 is 0 Å². The third-order valence-corrected chi connectivity index (χ3v) is 3.30. The molecule has 4 heteroatoms. The van der Waals surface area contributed by atoms with Crippen LogP contribution in [0.3, 0.4) is 0 Å². The summed E-state index contributed by atoms with van der Waals surface area (Å²) >= 11 is 0. The van der Waals surface area contributed by atoms with Crippen LogP contribution in [0.4, 0.5) is 5.69 Å². The molecule has 0 fully saturated rings. The molecule has 0 aromatic heterocycles. The minimum Gasteiger partial charge on any atom is -0.330 e. The zero-order valence-corrected chi connectivity index (χ0v) is 11.1. The number of carbonyl (C=O) groups is 1. The molecule has 1 heterocycles. The van der Waals surface area contributed by atoms with Gasteiger partial charge in [0.1, 0.15) is 0 Å². The Bertz CT molecular complexity index is 508. The van der Waals surface area contributed by atoms with Crippen molar-refractivity contribution < 1.29 is 4.79 Å². The summed E-state index contributed by atoms with van der Waals surface area (Å²) in [5, 5.41) is 5.89. The third-order valence-electron chi connectivity index (χ3n) is 3.30. The largest absolute Gasteiger partial charge is 0.330 e. The van der Waals surface area contributed by atoms with Gasteiger partial charge in [0.2, 0.25) is 0 Å². The Morgan fingerprint density at radius 2 is 2.06 bits per heavy atom. The maximum Gasteiger partial charge on any atom is 0.256 e. The maximum absolute atomic E-state index is 12.3. The van der Waals surface area contributed by atoms with E-state index in [9.17, 15) is 4.79 Å². The SMILES string of the molecule is CC1=NN(c2ccc(C)cc2C)C(=O)C1CCN. The highest BCUT2D eigenvalue weighted by atomic mass is 16.2. The van der Waals surface area contributed by atoms with Crippen LogP contribution in [0.5, 0.6) is 0 Å². The van der Waals surface area contributed by atoms with E-state index in [0.717, 1.165) is 17.0 Å². The summed E-state index contributed by atoms with van der Waals surface area (Å²) in [6.45, 7) is 6.43. The number of nitrogens with two attached hydrogens (primary N) is 1.